The number of hydrogen-bond donors (Lipinski definition) is 1. The van der Waals surface area contributed by atoms with E-state index in [9.17, 15) is 22.8 Å². The predicted molar refractivity (Wildman–Crippen MR) is 104 cm³/mol. The van der Waals surface area contributed by atoms with Crippen LogP contribution in [0, 0.1) is 5.92 Å². The van der Waals surface area contributed by atoms with E-state index in [0.29, 0.717) is 30.8 Å². The number of rotatable bonds is 6. The lowest BCUT2D eigenvalue weighted by molar-refractivity contribution is -0.154. The molecule has 30 heavy (non-hydrogen) atoms. The third-order valence-corrected chi connectivity index (χ3v) is 5.21. The second-order valence-electron chi connectivity index (χ2n) is 7.11. The van der Waals surface area contributed by atoms with Gasteiger partial charge in [-0.15, -0.1) is 0 Å². The predicted octanol–water partition coefficient (Wildman–Crippen LogP) is 3.51. The lowest BCUT2D eigenvalue weighted by Gasteiger charge is -2.23. The fourth-order valence-electron chi connectivity index (χ4n) is 3.61. The molecule has 1 aliphatic rings. The van der Waals surface area contributed by atoms with E-state index in [1.165, 1.54) is 9.58 Å². The van der Waals surface area contributed by atoms with Crippen molar-refractivity contribution in [2.75, 3.05) is 11.4 Å². The van der Waals surface area contributed by atoms with Gasteiger partial charge < -0.3 is 10.2 Å². The fraction of sp³-hybridized carbons (Fsp3) is 0.474. The van der Waals surface area contributed by atoms with Gasteiger partial charge in [-0.2, -0.15) is 18.3 Å². The van der Waals surface area contributed by atoms with Gasteiger partial charge in [-0.25, -0.2) is 4.68 Å². The zero-order valence-electron chi connectivity index (χ0n) is 16.2. The first-order chi connectivity index (χ1) is 14.2. The van der Waals surface area contributed by atoms with Crippen LogP contribution >= 0.6 is 11.6 Å². The summed E-state index contributed by atoms with van der Waals surface area (Å²) in [6, 6.07) is 3.09. The summed E-state index contributed by atoms with van der Waals surface area (Å²) in [5, 5.41) is 6.76. The summed E-state index contributed by atoms with van der Waals surface area (Å²) in [6.45, 7) is 2.14. The van der Waals surface area contributed by atoms with Crippen LogP contribution in [-0.2, 0) is 9.59 Å². The Morgan fingerprint density at radius 2 is 2.13 bits per heavy atom. The van der Waals surface area contributed by atoms with E-state index >= 15 is 0 Å². The molecule has 1 N–H and O–H groups in total. The van der Waals surface area contributed by atoms with Crippen LogP contribution in [0.25, 0.3) is 5.69 Å². The highest BCUT2D eigenvalue weighted by Crippen LogP contribution is 2.32. The van der Waals surface area contributed by atoms with Gasteiger partial charge in [-0.3, -0.25) is 14.6 Å². The molecule has 2 heterocycles. The molecule has 1 fully saturated rings. The second kappa shape index (κ2) is 9.03. The molecule has 162 valence electrons. The van der Waals surface area contributed by atoms with Crippen molar-refractivity contribution in [3.63, 3.8) is 0 Å². The van der Waals surface area contributed by atoms with Crippen molar-refractivity contribution in [3.8, 4) is 5.69 Å². The minimum Gasteiger partial charge on any atom is -0.353 e. The van der Waals surface area contributed by atoms with E-state index in [1.54, 1.807) is 37.6 Å². The van der Waals surface area contributed by atoms with Crippen LogP contribution in [0.3, 0.4) is 0 Å². The van der Waals surface area contributed by atoms with Crippen molar-refractivity contribution in [1.82, 2.24) is 20.1 Å². The monoisotopic (exact) mass is 443 g/mol. The lowest BCUT2D eigenvalue weighted by atomic mass is 10.1. The number of alkyl halides is 3. The third kappa shape index (κ3) is 5.29. The number of nitrogens with zero attached hydrogens (tertiary/aromatic N) is 4. The van der Waals surface area contributed by atoms with Crippen molar-refractivity contribution in [1.29, 1.82) is 0 Å². The van der Waals surface area contributed by atoms with Crippen molar-refractivity contribution in [3.05, 3.63) is 35.9 Å². The first kappa shape index (κ1) is 22.1. The summed E-state index contributed by atoms with van der Waals surface area (Å²) in [7, 11) is 0. The fourth-order valence-corrected chi connectivity index (χ4v) is 3.84. The van der Waals surface area contributed by atoms with Crippen LogP contribution in [-0.4, -0.2) is 45.3 Å². The molecule has 0 unspecified atom stereocenters. The molecule has 2 amide bonds. The van der Waals surface area contributed by atoms with Crippen LogP contribution in [0.2, 0.25) is 5.15 Å². The Balaban J connectivity index is 1.67. The van der Waals surface area contributed by atoms with Gasteiger partial charge in [-0.1, -0.05) is 11.6 Å². The maximum atomic E-state index is 13.1. The first-order valence-corrected chi connectivity index (χ1v) is 9.88. The Kier molecular flexibility index (Phi) is 6.64. The highest BCUT2D eigenvalue weighted by molar-refractivity contribution is 6.32. The standard InChI is InChI=1S/C19H21ClF3N5O2/c1-2-27(15-11-28(26-17(15)20)14-4-3-7-24-10-14)18(30)12-5-6-13(8-12)25-16(29)9-19(21,22)23/h3-4,7,10-13H,2,5-6,8-9H2,1H3,(H,25,29)/t12-,13+/m0/s1. The van der Waals surface area contributed by atoms with Gasteiger partial charge >= 0.3 is 6.18 Å². The smallest absolute Gasteiger partial charge is 0.353 e. The van der Waals surface area contributed by atoms with E-state index in [1.807, 2.05) is 0 Å². The van der Waals surface area contributed by atoms with Crippen molar-refractivity contribution in [2.45, 2.75) is 44.8 Å². The third-order valence-electron chi connectivity index (χ3n) is 4.94. The number of carbonyl (C=O) groups is 2. The van der Waals surface area contributed by atoms with E-state index in [4.69, 9.17) is 11.6 Å². The summed E-state index contributed by atoms with van der Waals surface area (Å²) in [6.07, 6.45) is -0.00128. The normalized spacial score (nSPS) is 19.0. The zero-order chi connectivity index (χ0) is 21.9. The molecular weight excluding hydrogens is 423 g/mol. The molecular formula is C19H21ClF3N5O2. The second-order valence-corrected chi connectivity index (χ2v) is 7.47. The zero-order valence-corrected chi connectivity index (χ0v) is 17.0. The summed E-state index contributed by atoms with van der Waals surface area (Å²) in [5.74, 6) is -1.69. The molecule has 1 aliphatic carbocycles. The van der Waals surface area contributed by atoms with Crippen LogP contribution in [0.15, 0.2) is 30.7 Å². The minimum absolute atomic E-state index is 0.155. The first-order valence-electron chi connectivity index (χ1n) is 9.51. The average molecular weight is 444 g/mol. The number of amides is 2. The van der Waals surface area contributed by atoms with Gasteiger partial charge in [0.25, 0.3) is 0 Å². The maximum Gasteiger partial charge on any atom is 0.397 e. The summed E-state index contributed by atoms with van der Waals surface area (Å²) < 4.78 is 38.5. The van der Waals surface area contributed by atoms with Gasteiger partial charge in [0.2, 0.25) is 11.8 Å². The van der Waals surface area contributed by atoms with E-state index in [2.05, 4.69) is 15.4 Å². The molecule has 0 bridgehead atoms. The Morgan fingerprint density at radius 1 is 1.37 bits per heavy atom. The van der Waals surface area contributed by atoms with Crippen LogP contribution in [0.1, 0.15) is 32.6 Å². The molecule has 0 aromatic carbocycles. The summed E-state index contributed by atoms with van der Waals surface area (Å²) >= 11 is 6.27. The Labute approximate surface area is 176 Å². The summed E-state index contributed by atoms with van der Waals surface area (Å²) in [5.41, 5.74) is 1.13. The van der Waals surface area contributed by atoms with E-state index in [0.717, 1.165) is 0 Å². The maximum absolute atomic E-state index is 13.1. The van der Waals surface area contributed by atoms with Crippen LogP contribution in [0.5, 0.6) is 0 Å². The van der Waals surface area contributed by atoms with Gasteiger partial charge in [0.1, 0.15) is 12.1 Å². The van der Waals surface area contributed by atoms with Gasteiger partial charge in [0, 0.05) is 24.7 Å². The minimum atomic E-state index is -4.55. The van der Waals surface area contributed by atoms with Gasteiger partial charge in [0.05, 0.1) is 18.1 Å². The van der Waals surface area contributed by atoms with Crippen LogP contribution in [0.4, 0.5) is 18.9 Å². The van der Waals surface area contributed by atoms with E-state index < -0.39 is 30.5 Å². The van der Waals surface area contributed by atoms with Crippen molar-refractivity contribution >= 4 is 29.1 Å². The molecule has 0 spiro atoms. The molecule has 2 aromatic rings. The molecule has 1 saturated carbocycles. The quantitative estimate of drug-likeness (QED) is 0.741. The largest absolute Gasteiger partial charge is 0.397 e. The molecule has 3 rings (SSSR count). The Bertz CT molecular complexity index is 903. The molecule has 11 heteroatoms. The number of carbonyl (C=O) groups excluding carboxylic acids is 2. The molecule has 7 nitrogen and oxygen atoms in total. The Hall–Kier alpha value is -2.62. The molecule has 0 aliphatic heterocycles. The number of halogens is 4. The molecule has 0 saturated heterocycles. The van der Waals surface area contributed by atoms with E-state index in [-0.39, 0.29) is 17.5 Å². The Morgan fingerprint density at radius 3 is 2.77 bits per heavy atom. The SMILES string of the molecule is CCN(C(=O)[C@H]1CC[C@@H](NC(=O)CC(F)(F)F)C1)c1cn(-c2cccnc2)nc1Cl. The molecule has 0 radical (unpaired) electrons. The number of anilines is 1. The topological polar surface area (TPSA) is 80.1 Å². The number of pyridine rings is 1. The van der Waals surface area contributed by atoms with Crippen molar-refractivity contribution in [2.24, 2.45) is 5.92 Å². The number of nitrogens with one attached hydrogen (secondary N) is 1. The molecule has 2 aromatic heterocycles. The van der Waals surface area contributed by atoms with Crippen molar-refractivity contribution < 1.29 is 22.8 Å². The van der Waals surface area contributed by atoms with Crippen LogP contribution < -0.4 is 10.2 Å². The van der Waals surface area contributed by atoms with Gasteiger partial charge in [-0.05, 0) is 38.3 Å². The number of aromatic nitrogens is 3. The highest BCUT2D eigenvalue weighted by Gasteiger charge is 2.36. The van der Waals surface area contributed by atoms with Gasteiger partial charge in [0.15, 0.2) is 5.15 Å². The lowest BCUT2D eigenvalue weighted by Crippen LogP contribution is -2.38. The summed E-state index contributed by atoms with van der Waals surface area (Å²) in [4.78, 5) is 30.1. The average Bonchev–Trinajstić information content (AvgIpc) is 3.29. The number of hydrogen-bond acceptors (Lipinski definition) is 4. The molecule has 2 atom stereocenters. The highest BCUT2D eigenvalue weighted by atomic mass is 35.5.